The summed E-state index contributed by atoms with van der Waals surface area (Å²) in [5, 5.41) is 12.9. The van der Waals surface area contributed by atoms with Crippen molar-refractivity contribution < 1.29 is 0 Å². The maximum Gasteiger partial charge on any atom is 0.152 e. The Labute approximate surface area is 426 Å². The van der Waals surface area contributed by atoms with E-state index >= 15 is 0 Å². The molecule has 0 amide bonds. The lowest BCUT2D eigenvalue weighted by Crippen LogP contribution is -2.26. The van der Waals surface area contributed by atoms with Crippen LogP contribution in [0.1, 0.15) is 119 Å². The topological polar surface area (TPSA) is 97.5 Å². The molecular formula is C59H73Cl2N9. The summed E-state index contributed by atoms with van der Waals surface area (Å²) in [6, 6.07) is 34.4. The van der Waals surface area contributed by atoms with Gasteiger partial charge >= 0.3 is 0 Å². The molecule has 0 bridgehead atoms. The van der Waals surface area contributed by atoms with Gasteiger partial charge in [-0.3, -0.25) is 9.80 Å². The van der Waals surface area contributed by atoms with E-state index in [4.69, 9.17) is 33.2 Å². The second kappa shape index (κ2) is 25.0. The van der Waals surface area contributed by atoms with E-state index in [1.54, 1.807) is 6.20 Å². The average molecular weight is 979 g/mol. The number of unbranched alkanes of at least 4 members (excludes halogenated alkanes) is 2. The molecule has 4 heterocycles. The highest BCUT2D eigenvalue weighted by molar-refractivity contribution is 6.30. The van der Waals surface area contributed by atoms with Gasteiger partial charge in [0.25, 0.3) is 0 Å². The first-order valence-corrected chi connectivity index (χ1v) is 26.2. The standard InChI is InChI=1S/C30H36ClN5.C29H37ClN4/c1-5-6-14-36-28(29(31)34-30(36)25-10-8-7-9-22(25)4)20-35(15-13-21(2)3)19-23-11-12-27-26(16-23)24(17-32)18-33-27;1-5-6-16-34-27(28(30)32-29(34)25-10-8-7-9-22(25)4)20-33(17-14-21(2)3)19-23-11-12-26-24(18-23)13-15-31-26/h7-12,16,18,21,33H,5-6,13-15,19-20H2,1-4H3;7-13,15,18,21,31H,5-6,14,16-17,19-20H2,1-4H3. The number of aromatic nitrogens is 6. The number of hydrogen-bond donors (Lipinski definition) is 2. The van der Waals surface area contributed by atoms with Gasteiger partial charge in [0, 0.05) is 79.2 Å². The Morgan fingerprint density at radius 2 is 1.13 bits per heavy atom. The minimum absolute atomic E-state index is 0.590. The van der Waals surface area contributed by atoms with E-state index in [0.29, 0.717) is 27.7 Å². The Hall–Kier alpha value is -5.63. The number of rotatable bonds is 22. The van der Waals surface area contributed by atoms with Crippen LogP contribution in [0.15, 0.2) is 103 Å². The van der Waals surface area contributed by atoms with Crippen LogP contribution < -0.4 is 0 Å². The zero-order valence-corrected chi connectivity index (χ0v) is 44.3. The van der Waals surface area contributed by atoms with Crippen molar-refractivity contribution in [1.29, 1.82) is 5.26 Å². The Morgan fingerprint density at radius 1 is 0.629 bits per heavy atom. The molecule has 0 aliphatic heterocycles. The SMILES string of the molecule is CCCCn1c(-c2ccccc2C)nc(Cl)c1CN(CCC(C)C)Cc1ccc2[nH]cc(C#N)c2c1.CCCCn1c(-c2ccccc2C)nc(Cl)c1CN(CCC(C)C)Cc1ccc2[nH]ccc2c1. The molecule has 368 valence electrons. The second-order valence-electron chi connectivity index (χ2n) is 19.9. The van der Waals surface area contributed by atoms with Crippen LogP contribution in [-0.4, -0.2) is 52.0 Å². The summed E-state index contributed by atoms with van der Waals surface area (Å²) in [5.41, 5.74) is 12.3. The van der Waals surface area contributed by atoms with Crippen molar-refractivity contribution >= 4 is 45.0 Å². The van der Waals surface area contributed by atoms with Gasteiger partial charge in [-0.25, -0.2) is 9.97 Å². The highest BCUT2D eigenvalue weighted by Crippen LogP contribution is 2.32. The van der Waals surface area contributed by atoms with Gasteiger partial charge in [0.2, 0.25) is 0 Å². The smallest absolute Gasteiger partial charge is 0.152 e. The van der Waals surface area contributed by atoms with Crippen LogP contribution >= 0.6 is 23.2 Å². The normalized spacial score (nSPS) is 11.7. The molecular weight excluding hydrogens is 906 g/mol. The molecule has 70 heavy (non-hydrogen) atoms. The van der Waals surface area contributed by atoms with E-state index in [0.717, 1.165) is 130 Å². The third kappa shape index (κ3) is 13.2. The fourth-order valence-electron chi connectivity index (χ4n) is 9.20. The molecule has 0 saturated heterocycles. The first kappa shape index (κ1) is 52.2. The maximum atomic E-state index is 9.48. The van der Waals surface area contributed by atoms with Crippen LogP contribution in [0.25, 0.3) is 44.6 Å². The van der Waals surface area contributed by atoms with Gasteiger partial charge in [0.1, 0.15) is 17.7 Å². The summed E-state index contributed by atoms with van der Waals surface area (Å²) in [6.45, 7) is 24.8. The quantitative estimate of drug-likeness (QED) is 0.0705. The molecule has 2 N–H and O–H groups in total. The van der Waals surface area contributed by atoms with Crippen LogP contribution in [0.2, 0.25) is 10.3 Å². The van der Waals surface area contributed by atoms with Gasteiger partial charge in [0.15, 0.2) is 10.3 Å². The highest BCUT2D eigenvalue weighted by atomic mass is 35.5. The molecule has 0 aliphatic rings. The van der Waals surface area contributed by atoms with E-state index in [1.165, 1.54) is 38.7 Å². The number of nitrogens with one attached hydrogen (secondary N) is 2. The summed E-state index contributed by atoms with van der Waals surface area (Å²) in [5.74, 6) is 3.20. The number of nitrogens with zero attached hydrogens (tertiary/aromatic N) is 7. The number of halogens is 2. The molecule has 0 unspecified atom stereocenters. The highest BCUT2D eigenvalue weighted by Gasteiger charge is 2.23. The Morgan fingerprint density at radius 3 is 1.61 bits per heavy atom. The number of aryl methyl sites for hydroxylation is 2. The summed E-state index contributed by atoms with van der Waals surface area (Å²) in [6.07, 6.45) is 10.5. The average Bonchev–Trinajstić information content (AvgIpc) is 4.13. The largest absolute Gasteiger partial charge is 0.361 e. The summed E-state index contributed by atoms with van der Waals surface area (Å²) in [7, 11) is 0. The number of nitriles is 1. The Kier molecular flexibility index (Phi) is 18.6. The van der Waals surface area contributed by atoms with Crippen molar-refractivity contribution in [2.45, 2.75) is 133 Å². The lowest BCUT2D eigenvalue weighted by atomic mass is 10.1. The van der Waals surface area contributed by atoms with Crippen molar-refractivity contribution in [2.75, 3.05) is 13.1 Å². The van der Waals surface area contributed by atoms with Crippen LogP contribution in [-0.2, 0) is 39.3 Å². The predicted molar refractivity (Wildman–Crippen MR) is 293 cm³/mol. The maximum absolute atomic E-state index is 9.48. The van der Waals surface area contributed by atoms with E-state index in [2.05, 4.69) is 181 Å². The van der Waals surface area contributed by atoms with Gasteiger partial charge in [-0.05, 0) is 122 Å². The molecule has 0 radical (unpaired) electrons. The monoisotopic (exact) mass is 978 g/mol. The number of benzene rings is 4. The Bertz CT molecular complexity index is 2980. The molecule has 0 saturated carbocycles. The number of aromatic amines is 2. The molecule has 4 aromatic carbocycles. The van der Waals surface area contributed by atoms with Crippen LogP contribution in [0.4, 0.5) is 0 Å². The van der Waals surface area contributed by atoms with Crippen molar-refractivity contribution in [1.82, 2.24) is 38.9 Å². The predicted octanol–water partition coefficient (Wildman–Crippen LogP) is 15.6. The molecule has 0 spiro atoms. The van der Waals surface area contributed by atoms with E-state index < -0.39 is 0 Å². The minimum Gasteiger partial charge on any atom is -0.361 e. The first-order valence-electron chi connectivity index (χ1n) is 25.5. The fraction of sp³-hybridized carbons (Fsp3) is 0.407. The third-order valence-electron chi connectivity index (χ3n) is 13.4. The van der Waals surface area contributed by atoms with Crippen molar-refractivity contribution in [2.24, 2.45) is 11.8 Å². The molecule has 0 atom stereocenters. The van der Waals surface area contributed by atoms with Crippen molar-refractivity contribution in [3.8, 4) is 28.8 Å². The minimum atomic E-state index is 0.590. The van der Waals surface area contributed by atoms with Crippen molar-refractivity contribution in [3.63, 3.8) is 0 Å². The van der Waals surface area contributed by atoms with E-state index in [-0.39, 0.29) is 0 Å². The van der Waals surface area contributed by atoms with Crippen LogP contribution in [0.5, 0.6) is 0 Å². The van der Waals surface area contributed by atoms with E-state index in [1.807, 2.05) is 6.20 Å². The Balaban J connectivity index is 0.000000207. The zero-order chi connectivity index (χ0) is 49.7. The molecule has 0 aliphatic carbocycles. The second-order valence-corrected chi connectivity index (χ2v) is 20.6. The molecule has 4 aromatic heterocycles. The van der Waals surface area contributed by atoms with Gasteiger partial charge in [0.05, 0.1) is 17.0 Å². The molecule has 0 fully saturated rings. The van der Waals surface area contributed by atoms with Gasteiger partial charge in [-0.1, -0.05) is 138 Å². The number of hydrogen-bond acceptors (Lipinski definition) is 5. The van der Waals surface area contributed by atoms with Crippen LogP contribution in [0.3, 0.4) is 0 Å². The molecule has 8 rings (SSSR count). The van der Waals surface area contributed by atoms with Gasteiger partial charge < -0.3 is 19.1 Å². The summed E-state index contributed by atoms with van der Waals surface area (Å²) in [4.78, 5) is 21.2. The molecule has 9 nitrogen and oxygen atoms in total. The first-order chi connectivity index (χ1) is 33.9. The number of fused-ring (bicyclic) bond motifs is 2. The third-order valence-corrected chi connectivity index (χ3v) is 14.0. The van der Waals surface area contributed by atoms with Crippen LogP contribution in [0, 0.1) is 37.0 Å². The van der Waals surface area contributed by atoms with Gasteiger partial charge in [-0.15, -0.1) is 0 Å². The molecule has 8 aromatic rings. The summed E-state index contributed by atoms with van der Waals surface area (Å²) < 4.78 is 4.70. The fourth-order valence-corrected chi connectivity index (χ4v) is 9.68. The molecule has 11 heteroatoms. The number of imidazole rings is 2. The van der Waals surface area contributed by atoms with Gasteiger partial charge in [-0.2, -0.15) is 5.26 Å². The zero-order valence-electron chi connectivity index (χ0n) is 42.8. The van der Waals surface area contributed by atoms with Crippen molar-refractivity contribution in [3.05, 3.63) is 153 Å². The summed E-state index contributed by atoms with van der Waals surface area (Å²) >= 11 is 13.7. The lowest BCUT2D eigenvalue weighted by molar-refractivity contribution is 0.235. The number of H-pyrrole nitrogens is 2. The van der Waals surface area contributed by atoms with E-state index in [9.17, 15) is 5.26 Å². The lowest BCUT2D eigenvalue weighted by Gasteiger charge is -2.25.